The van der Waals surface area contributed by atoms with Gasteiger partial charge in [0.2, 0.25) is 0 Å². The molecule has 2 saturated heterocycles. The molecule has 28 heavy (non-hydrogen) atoms. The number of nitrogens with zero attached hydrogens (tertiary/aromatic N) is 3. The predicted octanol–water partition coefficient (Wildman–Crippen LogP) is 3.30. The second-order valence-corrected chi connectivity index (χ2v) is 8.09. The molecule has 5 rings (SSSR count). The van der Waals surface area contributed by atoms with Gasteiger partial charge in [-0.25, -0.2) is 4.98 Å². The fourth-order valence-electron chi connectivity index (χ4n) is 4.59. The van der Waals surface area contributed by atoms with Gasteiger partial charge in [-0.3, -0.25) is 4.90 Å². The summed E-state index contributed by atoms with van der Waals surface area (Å²) in [6.45, 7) is 8.23. The highest BCUT2D eigenvalue weighted by Gasteiger charge is 2.24. The third-order valence-corrected chi connectivity index (χ3v) is 6.12. The predicted molar refractivity (Wildman–Crippen MR) is 113 cm³/mol. The van der Waals surface area contributed by atoms with Gasteiger partial charge in [-0.15, -0.1) is 0 Å². The van der Waals surface area contributed by atoms with E-state index in [-0.39, 0.29) is 0 Å². The number of benzene rings is 1. The zero-order valence-electron chi connectivity index (χ0n) is 16.4. The lowest BCUT2D eigenvalue weighted by Gasteiger charge is -2.38. The first kappa shape index (κ1) is 17.8. The van der Waals surface area contributed by atoms with Crippen LogP contribution in [0.15, 0.2) is 36.5 Å². The fraction of sp³-hybridized carbons (Fsp3) is 0.500. The molecule has 0 amide bonds. The lowest BCUT2D eigenvalue weighted by atomic mass is 9.96. The summed E-state index contributed by atoms with van der Waals surface area (Å²) >= 11 is 0. The Morgan fingerprint density at radius 2 is 2.04 bits per heavy atom. The molecule has 0 radical (unpaired) electrons. The molecule has 2 N–H and O–H groups in total. The molecule has 4 heterocycles. The monoisotopic (exact) mass is 379 g/mol. The molecule has 0 spiro atoms. The van der Waals surface area contributed by atoms with Crippen LogP contribution in [0.3, 0.4) is 0 Å². The van der Waals surface area contributed by atoms with Crippen molar-refractivity contribution in [2.45, 2.75) is 19.4 Å². The van der Waals surface area contributed by atoms with E-state index in [0.717, 1.165) is 69.0 Å². The van der Waals surface area contributed by atoms with Crippen molar-refractivity contribution in [3.63, 3.8) is 0 Å². The van der Waals surface area contributed by atoms with Crippen LogP contribution in [0.4, 0.5) is 22.9 Å². The van der Waals surface area contributed by atoms with E-state index in [1.54, 1.807) is 0 Å². The summed E-state index contributed by atoms with van der Waals surface area (Å²) in [4.78, 5) is 9.62. The quantitative estimate of drug-likeness (QED) is 0.854. The summed E-state index contributed by atoms with van der Waals surface area (Å²) in [5.74, 6) is 1.69. The van der Waals surface area contributed by atoms with E-state index in [2.05, 4.69) is 49.7 Å². The number of hydrogen-bond donors (Lipinski definition) is 2. The Bertz CT molecular complexity index is 820. The molecule has 2 fully saturated rings. The molecule has 1 aromatic carbocycles. The first-order valence-corrected chi connectivity index (χ1v) is 10.5. The number of morpholine rings is 1. The molecule has 1 aromatic heterocycles. The Morgan fingerprint density at radius 1 is 1.11 bits per heavy atom. The standard InChI is InChI=1S/C22H29N5O/c1-4-18-14-24-21-13-19(5-6-20(21)25-22(18)23-7-1)27-8-2-3-17(16-27)15-26-9-11-28-12-10-26/h1,4-7,13,17,24H,2-3,8-12,14-16H2,(H,23,25). The lowest BCUT2D eigenvalue weighted by Crippen LogP contribution is -2.44. The maximum atomic E-state index is 5.50. The number of anilines is 4. The molecule has 3 aliphatic heterocycles. The molecule has 1 unspecified atom stereocenters. The third-order valence-electron chi connectivity index (χ3n) is 6.12. The molecular weight excluding hydrogens is 350 g/mol. The van der Waals surface area contributed by atoms with Crippen molar-refractivity contribution >= 4 is 22.9 Å². The van der Waals surface area contributed by atoms with Gasteiger partial charge in [0.15, 0.2) is 0 Å². The largest absolute Gasteiger partial charge is 0.379 e. The van der Waals surface area contributed by atoms with Gasteiger partial charge in [-0.2, -0.15) is 0 Å². The summed E-state index contributed by atoms with van der Waals surface area (Å²) < 4.78 is 5.50. The Hall–Kier alpha value is -2.31. The molecule has 6 nitrogen and oxygen atoms in total. The zero-order chi connectivity index (χ0) is 18.8. The van der Waals surface area contributed by atoms with Crippen LogP contribution < -0.4 is 15.5 Å². The maximum Gasteiger partial charge on any atom is 0.135 e. The molecule has 148 valence electrons. The molecule has 2 aromatic rings. The molecule has 0 bridgehead atoms. The van der Waals surface area contributed by atoms with E-state index in [1.807, 2.05) is 12.3 Å². The Morgan fingerprint density at radius 3 is 2.96 bits per heavy atom. The van der Waals surface area contributed by atoms with Crippen LogP contribution in [-0.4, -0.2) is 55.8 Å². The molecular formula is C22H29N5O. The number of nitrogens with one attached hydrogen (secondary N) is 2. The minimum atomic E-state index is 0.741. The molecule has 1 atom stereocenters. The van der Waals surface area contributed by atoms with Crippen LogP contribution in [0, 0.1) is 5.92 Å². The average Bonchev–Trinajstić information content (AvgIpc) is 2.93. The van der Waals surface area contributed by atoms with Crippen LogP contribution in [-0.2, 0) is 11.3 Å². The summed E-state index contributed by atoms with van der Waals surface area (Å²) in [6.07, 6.45) is 4.44. The number of fused-ring (bicyclic) bond motifs is 2. The smallest absolute Gasteiger partial charge is 0.135 e. The summed E-state index contributed by atoms with van der Waals surface area (Å²) in [5.41, 5.74) is 4.77. The van der Waals surface area contributed by atoms with E-state index >= 15 is 0 Å². The van der Waals surface area contributed by atoms with Gasteiger partial charge in [0.25, 0.3) is 0 Å². The van der Waals surface area contributed by atoms with E-state index < -0.39 is 0 Å². The van der Waals surface area contributed by atoms with Crippen molar-refractivity contribution in [1.82, 2.24) is 9.88 Å². The van der Waals surface area contributed by atoms with Crippen LogP contribution in [0.1, 0.15) is 18.4 Å². The number of pyridine rings is 1. The molecule has 3 aliphatic rings. The fourth-order valence-corrected chi connectivity index (χ4v) is 4.59. The molecule has 6 heteroatoms. The highest BCUT2D eigenvalue weighted by molar-refractivity contribution is 5.79. The van der Waals surface area contributed by atoms with Gasteiger partial charge in [-0.05, 0) is 43.0 Å². The van der Waals surface area contributed by atoms with E-state index in [1.165, 1.54) is 30.6 Å². The highest BCUT2D eigenvalue weighted by atomic mass is 16.5. The average molecular weight is 380 g/mol. The van der Waals surface area contributed by atoms with Gasteiger partial charge in [0, 0.05) is 56.7 Å². The van der Waals surface area contributed by atoms with Gasteiger partial charge in [0.05, 0.1) is 24.6 Å². The van der Waals surface area contributed by atoms with E-state index in [9.17, 15) is 0 Å². The first-order valence-electron chi connectivity index (χ1n) is 10.5. The van der Waals surface area contributed by atoms with Gasteiger partial charge in [-0.1, -0.05) is 6.07 Å². The van der Waals surface area contributed by atoms with Gasteiger partial charge >= 0.3 is 0 Å². The number of ether oxygens (including phenoxy) is 1. The number of aromatic nitrogens is 1. The Balaban J connectivity index is 1.29. The number of piperidine rings is 1. The van der Waals surface area contributed by atoms with Crippen molar-refractivity contribution < 1.29 is 4.74 Å². The van der Waals surface area contributed by atoms with Crippen molar-refractivity contribution in [1.29, 1.82) is 0 Å². The first-order chi connectivity index (χ1) is 13.8. The van der Waals surface area contributed by atoms with Crippen molar-refractivity contribution in [2.24, 2.45) is 5.92 Å². The minimum absolute atomic E-state index is 0.741. The summed E-state index contributed by atoms with van der Waals surface area (Å²) in [6, 6.07) is 10.8. The molecule has 0 aliphatic carbocycles. The topological polar surface area (TPSA) is 52.7 Å². The van der Waals surface area contributed by atoms with Crippen LogP contribution in [0.5, 0.6) is 0 Å². The normalized spacial score (nSPS) is 22.4. The summed E-state index contributed by atoms with van der Waals surface area (Å²) in [5, 5.41) is 7.07. The minimum Gasteiger partial charge on any atom is -0.379 e. The Kier molecular flexibility index (Phi) is 5.06. The maximum absolute atomic E-state index is 5.50. The van der Waals surface area contributed by atoms with Gasteiger partial charge in [0.1, 0.15) is 5.82 Å². The zero-order valence-corrected chi connectivity index (χ0v) is 16.4. The van der Waals surface area contributed by atoms with Crippen LogP contribution in [0.2, 0.25) is 0 Å². The second-order valence-electron chi connectivity index (χ2n) is 8.09. The van der Waals surface area contributed by atoms with Crippen molar-refractivity contribution in [2.75, 3.05) is 61.5 Å². The van der Waals surface area contributed by atoms with E-state index in [4.69, 9.17) is 4.74 Å². The molecule has 0 saturated carbocycles. The van der Waals surface area contributed by atoms with Crippen molar-refractivity contribution in [3.8, 4) is 0 Å². The summed E-state index contributed by atoms with van der Waals surface area (Å²) in [7, 11) is 0. The van der Waals surface area contributed by atoms with E-state index in [0.29, 0.717) is 0 Å². The number of rotatable bonds is 3. The SMILES string of the molecule is c1cnc2c(c1)CNc1cc(N3CCCC(CN4CCOCC4)C3)ccc1N2. The third kappa shape index (κ3) is 3.80. The van der Waals surface area contributed by atoms with Crippen LogP contribution in [0.25, 0.3) is 0 Å². The van der Waals surface area contributed by atoms with Gasteiger partial charge < -0.3 is 20.3 Å². The van der Waals surface area contributed by atoms with Crippen LogP contribution >= 0.6 is 0 Å². The second kappa shape index (κ2) is 7.97. The van der Waals surface area contributed by atoms with Crippen molar-refractivity contribution in [3.05, 3.63) is 42.1 Å². The Labute approximate surface area is 166 Å². The highest BCUT2D eigenvalue weighted by Crippen LogP contribution is 2.35. The number of hydrogen-bond acceptors (Lipinski definition) is 6. The lowest BCUT2D eigenvalue weighted by molar-refractivity contribution is 0.0296.